The lowest BCUT2D eigenvalue weighted by molar-refractivity contribution is 0.0789. The van der Waals surface area contributed by atoms with E-state index in [2.05, 4.69) is 20.6 Å². The summed E-state index contributed by atoms with van der Waals surface area (Å²) in [6.07, 6.45) is 2.58. The summed E-state index contributed by atoms with van der Waals surface area (Å²) in [5.41, 5.74) is 2.20. The Bertz CT molecular complexity index is 1370. The summed E-state index contributed by atoms with van der Waals surface area (Å²) in [6, 6.07) is 13.2. The van der Waals surface area contributed by atoms with E-state index < -0.39 is 0 Å². The zero-order chi connectivity index (χ0) is 22.2. The third-order valence-electron chi connectivity index (χ3n) is 5.84. The molecular weight excluding hydrogens is 447 g/mol. The zero-order valence-electron chi connectivity index (χ0n) is 17.8. The van der Waals surface area contributed by atoms with E-state index in [0.717, 1.165) is 13.0 Å². The minimum atomic E-state index is -0.385. The second kappa shape index (κ2) is 9.13. The van der Waals surface area contributed by atoms with Crippen molar-refractivity contribution < 1.29 is 9.18 Å². The fraction of sp³-hybridized carbons (Fsp3) is 0.217. The van der Waals surface area contributed by atoms with Crippen molar-refractivity contribution in [3.63, 3.8) is 0 Å². The maximum atomic E-state index is 13.6. The number of aromatic nitrogens is 4. The number of aromatic amines is 1. The zero-order valence-corrected chi connectivity index (χ0v) is 18.6. The SMILES string of the molecule is CN[C@H]1CCN(C(=O)c2ccc(-n3cc(-c4cc5cc(F)ccc5[nH]c4=O)nn3)cc2)C1.Cl. The van der Waals surface area contributed by atoms with Gasteiger partial charge in [0, 0.05) is 35.6 Å². The Labute approximate surface area is 194 Å². The third-order valence-corrected chi connectivity index (χ3v) is 5.84. The largest absolute Gasteiger partial charge is 0.337 e. The van der Waals surface area contributed by atoms with Crippen LogP contribution in [-0.2, 0) is 0 Å². The van der Waals surface area contributed by atoms with Crippen LogP contribution in [0.2, 0.25) is 0 Å². The van der Waals surface area contributed by atoms with E-state index in [0.29, 0.717) is 46.0 Å². The normalized spacial score (nSPS) is 15.6. The van der Waals surface area contributed by atoms with Crippen molar-refractivity contribution in [2.24, 2.45) is 0 Å². The molecule has 8 nitrogen and oxygen atoms in total. The third kappa shape index (κ3) is 4.37. The molecule has 0 saturated carbocycles. The summed E-state index contributed by atoms with van der Waals surface area (Å²) in [4.78, 5) is 29.8. The molecular formula is C23H22ClFN6O2. The number of hydrogen-bond donors (Lipinski definition) is 2. The first-order valence-electron chi connectivity index (χ1n) is 10.3. The molecule has 0 unspecified atom stereocenters. The van der Waals surface area contributed by atoms with Crippen molar-refractivity contribution in [2.75, 3.05) is 20.1 Å². The molecule has 0 bridgehead atoms. The summed E-state index contributed by atoms with van der Waals surface area (Å²) >= 11 is 0. The number of likely N-dealkylation sites (tertiary alicyclic amines) is 1. The molecule has 0 radical (unpaired) electrons. The number of pyridine rings is 1. The molecule has 2 N–H and O–H groups in total. The van der Waals surface area contributed by atoms with Gasteiger partial charge in [0.05, 0.1) is 17.4 Å². The molecule has 3 heterocycles. The van der Waals surface area contributed by atoms with Crippen LogP contribution in [-0.4, -0.2) is 57.0 Å². The van der Waals surface area contributed by atoms with E-state index in [1.54, 1.807) is 36.5 Å². The summed E-state index contributed by atoms with van der Waals surface area (Å²) < 4.78 is 15.1. The molecule has 1 saturated heterocycles. The topological polar surface area (TPSA) is 95.9 Å². The van der Waals surface area contributed by atoms with Gasteiger partial charge in [-0.15, -0.1) is 17.5 Å². The molecule has 1 fully saturated rings. The van der Waals surface area contributed by atoms with Gasteiger partial charge in [0.2, 0.25) is 0 Å². The van der Waals surface area contributed by atoms with Crippen LogP contribution in [0.3, 0.4) is 0 Å². The van der Waals surface area contributed by atoms with Crippen molar-refractivity contribution in [2.45, 2.75) is 12.5 Å². The Kier molecular flexibility index (Phi) is 6.26. The molecule has 0 aliphatic carbocycles. The van der Waals surface area contributed by atoms with Crippen LogP contribution >= 0.6 is 12.4 Å². The van der Waals surface area contributed by atoms with Crippen LogP contribution in [0.1, 0.15) is 16.8 Å². The number of carbonyl (C=O) groups is 1. The number of likely N-dealkylation sites (N-methyl/N-ethyl adjacent to an activating group) is 1. The van der Waals surface area contributed by atoms with E-state index in [4.69, 9.17) is 0 Å². The predicted octanol–water partition coefficient (Wildman–Crippen LogP) is 2.77. The van der Waals surface area contributed by atoms with Gasteiger partial charge in [-0.3, -0.25) is 9.59 Å². The van der Waals surface area contributed by atoms with Gasteiger partial charge in [0.1, 0.15) is 11.5 Å². The highest BCUT2D eigenvalue weighted by Crippen LogP contribution is 2.20. The summed E-state index contributed by atoms with van der Waals surface area (Å²) in [5, 5.41) is 12.0. The van der Waals surface area contributed by atoms with E-state index in [-0.39, 0.29) is 29.7 Å². The van der Waals surface area contributed by atoms with Crippen molar-refractivity contribution in [3.05, 3.63) is 76.5 Å². The second-order valence-corrected chi connectivity index (χ2v) is 7.86. The average Bonchev–Trinajstić information content (AvgIpc) is 3.48. The first-order chi connectivity index (χ1) is 15.5. The Hall–Kier alpha value is -3.56. The molecule has 0 spiro atoms. The molecule has 10 heteroatoms. The Balaban J connectivity index is 0.00000259. The van der Waals surface area contributed by atoms with Gasteiger partial charge in [0.15, 0.2) is 0 Å². The van der Waals surface area contributed by atoms with Gasteiger partial charge in [0.25, 0.3) is 11.5 Å². The number of fused-ring (bicyclic) bond motifs is 1. The first-order valence-corrected chi connectivity index (χ1v) is 10.3. The smallest absolute Gasteiger partial charge is 0.258 e. The number of nitrogens with one attached hydrogen (secondary N) is 2. The quantitative estimate of drug-likeness (QED) is 0.480. The number of benzene rings is 2. The first kappa shape index (κ1) is 22.6. The van der Waals surface area contributed by atoms with Gasteiger partial charge in [-0.2, -0.15) is 0 Å². The van der Waals surface area contributed by atoms with Gasteiger partial charge in [-0.25, -0.2) is 9.07 Å². The molecule has 4 aromatic rings. The summed E-state index contributed by atoms with van der Waals surface area (Å²) in [6.45, 7) is 1.44. The van der Waals surface area contributed by atoms with Gasteiger partial charge >= 0.3 is 0 Å². The lowest BCUT2D eigenvalue weighted by Gasteiger charge is -2.16. The van der Waals surface area contributed by atoms with Crippen LogP contribution in [0.15, 0.2) is 59.5 Å². The average molecular weight is 469 g/mol. The highest BCUT2D eigenvalue weighted by Gasteiger charge is 2.25. The summed E-state index contributed by atoms with van der Waals surface area (Å²) in [7, 11) is 1.91. The highest BCUT2D eigenvalue weighted by molar-refractivity contribution is 5.94. The number of nitrogens with zero attached hydrogens (tertiary/aromatic N) is 4. The Morgan fingerprint density at radius 2 is 1.97 bits per heavy atom. The highest BCUT2D eigenvalue weighted by atomic mass is 35.5. The van der Waals surface area contributed by atoms with Crippen LogP contribution in [0.5, 0.6) is 0 Å². The standard InChI is InChI=1S/C23H21FN6O2.ClH/c1-25-17-8-9-29(12-17)23(32)14-2-5-18(6-3-14)30-13-21(27-28-30)19-11-15-10-16(24)4-7-20(15)26-22(19)31;/h2-7,10-11,13,17,25H,8-9,12H2,1H3,(H,26,31);1H/t17-;/m0./s1. The van der Waals surface area contributed by atoms with E-state index >= 15 is 0 Å². The molecule has 2 aromatic heterocycles. The van der Waals surface area contributed by atoms with Crippen molar-refractivity contribution in [1.82, 2.24) is 30.2 Å². The number of carbonyl (C=O) groups excluding carboxylic acids is 1. The fourth-order valence-electron chi connectivity index (χ4n) is 4.00. The molecule has 33 heavy (non-hydrogen) atoms. The van der Waals surface area contributed by atoms with E-state index in [1.807, 2.05) is 11.9 Å². The van der Waals surface area contributed by atoms with Crippen molar-refractivity contribution >= 4 is 29.2 Å². The molecule has 2 aromatic carbocycles. The number of H-pyrrole nitrogens is 1. The number of halogens is 2. The van der Waals surface area contributed by atoms with Gasteiger partial charge in [-0.1, -0.05) is 5.21 Å². The van der Waals surface area contributed by atoms with Crippen LogP contribution in [0, 0.1) is 5.82 Å². The van der Waals surface area contributed by atoms with Crippen molar-refractivity contribution in [1.29, 1.82) is 0 Å². The second-order valence-electron chi connectivity index (χ2n) is 7.86. The maximum absolute atomic E-state index is 13.6. The van der Waals surface area contributed by atoms with Crippen LogP contribution in [0.4, 0.5) is 4.39 Å². The van der Waals surface area contributed by atoms with E-state index in [1.165, 1.54) is 22.9 Å². The molecule has 1 aliphatic rings. The minimum absolute atomic E-state index is 0. The molecule has 1 amide bonds. The lowest BCUT2D eigenvalue weighted by atomic mass is 10.1. The molecule has 1 aliphatic heterocycles. The van der Waals surface area contributed by atoms with E-state index in [9.17, 15) is 14.0 Å². The predicted molar refractivity (Wildman–Crippen MR) is 125 cm³/mol. The number of hydrogen-bond acceptors (Lipinski definition) is 5. The van der Waals surface area contributed by atoms with Crippen molar-refractivity contribution in [3.8, 4) is 16.9 Å². The number of amides is 1. The maximum Gasteiger partial charge on any atom is 0.258 e. The molecule has 1 atom stereocenters. The number of rotatable bonds is 4. The lowest BCUT2D eigenvalue weighted by Crippen LogP contribution is -2.33. The van der Waals surface area contributed by atoms with Gasteiger partial charge < -0.3 is 15.2 Å². The van der Waals surface area contributed by atoms with Crippen LogP contribution in [0.25, 0.3) is 27.8 Å². The van der Waals surface area contributed by atoms with Crippen LogP contribution < -0.4 is 10.9 Å². The summed E-state index contributed by atoms with van der Waals surface area (Å²) in [5.74, 6) is -0.382. The monoisotopic (exact) mass is 468 g/mol. The van der Waals surface area contributed by atoms with Gasteiger partial charge in [-0.05, 0) is 62.0 Å². The Morgan fingerprint density at radius 3 is 2.70 bits per heavy atom. The fourth-order valence-corrected chi connectivity index (χ4v) is 4.00. The molecule has 5 rings (SSSR count). The Morgan fingerprint density at radius 1 is 1.18 bits per heavy atom. The molecule has 170 valence electrons. The minimum Gasteiger partial charge on any atom is -0.337 e.